The molecular formula is C32H36Cl3N3O4S. The summed E-state index contributed by atoms with van der Waals surface area (Å²) in [7, 11) is -4.20. The molecule has 1 saturated carbocycles. The Bertz CT molecular complexity index is 1550. The van der Waals surface area contributed by atoms with Crippen molar-refractivity contribution in [1.29, 1.82) is 0 Å². The lowest BCUT2D eigenvalue weighted by molar-refractivity contribution is -0.140. The van der Waals surface area contributed by atoms with Gasteiger partial charge in [-0.2, -0.15) is 0 Å². The van der Waals surface area contributed by atoms with Crippen LogP contribution in [0.15, 0.2) is 71.6 Å². The van der Waals surface area contributed by atoms with Crippen molar-refractivity contribution in [2.75, 3.05) is 10.8 Å². The largest absolute Gasteiger partial charge is 0.352 e. The monoisotopic (exact) mass is 663 g/mol. The summed E-state index contributed by atoms with van der Waals surface area (Å²) in [6, 6.07) is 16.9. The van der Waals surface area contributed by atoms with E-state index in [9.17, 15) is 18.0 Å². The Morgan fingerprint density at radius 2 is 1.58 bits per heavy atom. The number of carbonyl (C=O) groups is 2. The van der Waals surface area contributed by atoms with E-state index in [0.29, 0.717) is 32.6 Å². The molecule has 1 aliphatic rings. The molecule has 0 spiro atoms. The summed E-state index contributed by atoms with van der Waals surface area (Å²) in [5.74, 6) is -0.834. The third-order valence-electron chi connectivity index (χ3n) is 7.74. The molecule has 0 unspecified atom stereocenters. The average Bonchev–Trinajstić information content (AvgIpc) is 2.99. The number of benzene rings is 3. The van der Waals surface area contributed by atoms with Crippen LogP contribution >= 0.6 is 34.8 Å². The standard InChI is InChI=1S/C32H36Cl3N3O4S/c1-3-29(32(40)36-26-10-6-4-7-11-26)37(20-23-15-17-24(33)18-28(23)35)31(39)21-38(30-19-25(34)16-14-22(30)2)43(41,42)27-12-8-5-9-13-27/h5,8-9,12-19,26,29H,3-4,6-7,10-11,20-21H2,1-2H3,(H,36,40)/t29-/m0/s1. The van der Waals surface area contributed by atoms with E-state index in [2.05, 4.69) is 5.32 Å². The second kappa shape index (κ2) is 14.8. The number of amides is 2. The Morgan fingerprint density at radius 3 is 2.23 bits per heavy atom. The number of hydrogen-bond donors (Lipinski definition) is 1. The van der Waals surface area contributed by atoms with Crippen LogP contribution in [-0.4, -0.2) is 43.8 Å². The van der Waals surface area contributed by atoms with Crippen LogP contribution in [0.25, 0.3) is 0 Å². The van der Waals surface area contributed by atoms with E-state index < -0.39 is 28.5 Å². The molecule has 230 valence electrons. The van der Waals surface area contributed by atoms with Gasteiger partial charge in [-0.3, -0.25) is 13.9 Å². The quantitative estimate of drug-likeness (QED) is 0.231. The van der Waals surface area contributed by atoms with Gasteiger partial charge in [0.15, 0.2) is 0 Å². The maximum Gasteiger partial charge on any atom is 0.264 e. The molecule has 0 heterocycles. The predicted molar refractivity (Wildman–Crippen MR) is 173 cm³/mol. The summed E-state index contributed by atoms with van der Waals surface area (Å²) in [4.78, 5) is 29.4. The van der Waals surface area contributed by atoms with Crippen LogP contribution in [0.4, 0.5) is 5.69 Å². The van der Waals surface area contributed by atoms with Crippen LogP contribution in [0.5, 0.6) is 0 Å². The van der Waals surface area contributed by atoms with Crippen LogP contribution in [-0.2, 0) is 26.2 Å². The number of sulfonamides is 1. The number of anilines is 1. The number of aryl methyl sites for hydroxylation is 1. The molecule has 0 bridgehead atoms. The van der Waals surface area contributed by atoms with Crippen molar-refractivity contribution in [2.24, 2.45) is 0 Å². The molecule has 1 aliphatic carbocycles. The number of nitrogens with zero attached hydrogens (tertiary/aromatic N) is 2. The summed E-state index contributed by atoms with van der Waals surface area (Å²) in [6.45, 7) is 3.01. The first-order valence-electron chi connectivity index (χ1n) is 14.4. The molecule has 1 atom stereocenters. The van der Waals surface area contributed by atoms with E-state index in [1.165, 1.54) is 23.1 Å². The molecule has 3 aromatic rings. The van der Waals surface area contributed by atoms with Gasteiger partial charge in [0.2, 0.25) is 11.8 Å². The van der Waals surface area contributed by atoms with Crippen LogP contribution in [0.3, 0.4) is 0 Å². The van der Waals surface area contributed by atoms with E-state index in [0.717, 1.165) is 36.4 Å². The van der Waals surface area contributed by atoms with Crippen molar-refractivity contribution in [2.45, 2.75) is 75.9 Å². The summed E-state index contributed by atoms with van der Waals surface area (Å²) in [6.07, 6.45) is 5.30. The molecule has 0 radical (unpaired) electrons. The zero-order valence-electron chi connectivity index (χ0n) is 24.2. The first-order valence-corrected chi connectivity index (χ1v) is 17.0. The number of halogens is 3. The Kier molecular flexibility index (Phi) is 11.4. The molecular weight excluding hydrogens is 629 g/mol. The smallest absolute Gasteiger partial charge is 0.264 e. The van der Waals surface area contributed by atoms with E-state index in [1.807, 2.05) is 6.92 Å². The third-order valence-corrected chi connectivity index (χ3v) is 10.3. The summed E-state index contributed by atoms with van der Waals surface area (Å²) < 4.78 is 29.1. The Balaban J connectivity index is 1.75. The zero-order valence-corrected chi connectivity index (χ0v) is 27.3. The first kappa shape index (κ1) is 33.1. The van der Waals surface area contributed by atoms with Gasteiger partial charge in [0, 0.05) is 27.7 Å². The van der Waals surface area contributed by atoms with Crippen molar-refractivity contribution in [3.05, 3.63) is 92.9 Å². The van der Waals surface area contributed by atoms with Gasteiger partial charge in [0.25, 0.3) is 10.0 Å². The summed E-state index contributed by atoms with van der Waals surface area (Å²) >= 11 is 18.9. The maximum atomic E-state index is 14.3. The highest BCUT2D eigenvalue weighted by atomic mass is 35.5. The Hall–Kier alpha value is -2.78. The Morgan fingerprint density at radius 1 is 0.930 bits per heavy atom. The minimum Gasteiger partial charge on any atom is -0.352 e. The molecule has 1 fully saturated rings. The van der Waals surface area contributed by atoms with Gasteiger partial charge in [0.05, 0.1) is 10.6 Å². The molecule has 3 aromatic carbocycles. The second-order valence-corrected chi connectivity index (χ2v) is 13.9. The van der Waals surface area contributed by atoms with E-state index in [4.69, 9.17) is 34.8 Å². The third kappa shape index (κ3) is 8.24. The lowest BCUT2D eigenvalue weighted by atomic mass is 9.95. The van der Waals surface area contributed by atoms with Gasteiger partial charge in [-0.05, 0) is 73.7 Å². The van der Waals surface area contributed by atoms with Crippen molar-refractivity contribution < 1.29 is 18.0 Å². The molecule has 0 saturated heterocycles. The van der Waals surface area contributed by atoms with Crippen LogP contribution in [0.1, 0.15) is 56.6 Å². The van der Waals surface area contributed by atoms with Gasteiger partial charge >= 0.3 is 0 Å². The summed E-state index contributed by atoms with van der Waals surface area (Å²) in [5.41, 5.74) is 1.47. The van der Waals surface area contributed by atoms with Crippen molar-refractivity contribution in [3.8, 4) is 0 Å². The minimum absolute atomic E-state index is 0.0147. The number of hydrogen-bond acceptors (Lipinski definition) is 4. The SMILES string of the molecule is CC[C@@H](C(=O)NC1CCCCC1)N(Cc1ccc(Cl)cc1Cl)C(=O)CN(c1cc(Cl)ccc1C)S(=O)(=O)c1ccccc1. The minimum atomic E-state index is -4.20. The van der Waals surface area contributed by atoms with E-state index >= 15 is 0 Å². The number of rotatable bonds is 11. The molecule has 43 heavy (non-hydrogen) atoms. The second-order valence-electron chi connectivity index (χ2n) is 10.8. The molecule has 2 amide bonds. The number of nitrogens with one attached hydrogen (secondary N) is 1. The van der Waals surface area contributed by atoms with Crippen molar-refractivity contribution >= 4 is 62.3 Å². The highest BCUT2D eigenvalue weighted by molar-refractivity contribution is 7.92. The molecule has 1 N–H and O–H groups in total. The average molecular weight is 665 g/mol. The van der Waals surface area contributed by atoms with Crippen LogP contribution in [0, 0.1) is 6.92 Å². The van der Waals surface area contributed by atoms with Crippen LogP contribution < -0.4 is 9.62 Å². The predicted octanol–water partition coefficient (Wildman–Crippen LogP) is 7.41. The highest BCUT2D eigenvalue weighted by Gasteiger charge is 2.35. The van der Waals surface area contributed by atoms with E-state index in [-0.39, 0.29) is 29.1 Å². The highest BCUT2D eigenvalue weighted by Crippen LogP contribution is 2.31. The normalized spacial score (nSPS) is 14.6. The fourth-order valence-corrected chi connectivity index (χ4v) is 7.51. The first-order chi connectivity index (χ1) is 20.5. The van der Waals surface area contributed by atoms with Crippen LogP contribution in [0.2, 0.25) is 15.1 Å². The van der Waals surface area contributed by atoms with Crippen molar-refractivity contribution in [1.82, 2.24) is 10.2 Å². The molecule has 4 rings (SSSR count). The lowest BCUT2D eigenvalue weighted by Crippen LogP contribution is -2.54. The fraction of sp³-hybridized carbons (Fsp3) is 0.375. The van der Waals surface area contributed by atoms with Crippen molar-refractivity contribution in [3.63, 3.8) is 0 Å². The van der Waals surface area contributed by atoms with E-state index in [1.54, 1.807) is 55.5 Å². The zero-order chi connectivity index (χ0) is 31.1. The van der Waals surface area contributed by atoms with Gasteiger partial charge in [-0.15, -0.1) is 0 Å². The fourth-order valence-electron chi connectivity index (χ4n) is 5.38. The van der Waals surface area contributed by atoms with Gasteiger partial charge < -0.3 is 10.2 Å². The molecule has 7 nitrogen and oxygen atoms in total. The topological polar surface area (TPSA) is 86.8 Å². The molecule has 0 aromatic heterocycles. The lowest BCUT2D eigenvalue weighted by Gasteiger charge is -2.35. The molecule has 0 aliphatic heterocycles. The van der Waals surface area contributed by atoms with Gasteiger partial charge in [-0.25, -0.2) is 8.42 Å². The Labute approximate surface area is 269 Å². The van der Waals surface area contributed by atoms with Gasteiger partial charge in [-0.1, -0.05) is 91.3 Å². The summed E-state index contributed by atoms with van der Waals surface area (Å²) in [5, 5.41) is 4.24. The van der Waals surface area contributed by atoms with Gasteiger partial charge in [0.1, 0.15) is 12.6 Å². The maximum absolute atomic E-state index is 14.3. The molecule has 11 heteroatoms. The number of carbonyl (C=O) groups excluding carboxylic acids is 2.